The standard InChI is InChI=1S/C21H11ClO5/c22-17-7-5-11(21(25)26)9-15(17)18-8-6-12(27-18)10-16-19(23)13-3-1-2-4-14(13)20(16)24/h1-10H,(H,25,26). The van der Waals surface area contributed by atoms with E-state index in [0.29, 0.717) is 33.2 Å². The number of hydrogen-bond donors (Lipinski definition) is 1. The van der Waals surface area contributed by atoms with Crippen LogP contribution in [-0.2, 0) is 0 Å². The van der Waals surface area contributed by atoms with Crippen LogP contribution in [0.1, 0.15) is 36.8 Å². The van der Waals surface area contributed by atoms with Gasteiger partial charge in [0.25, 0.3) is 0 Å². The minimum Gasteiger partial charge on any atom is -0.478 e. The Balaban J connectivity index is 1.72. The fraction of sp³-hybridized carbons (Fsp3) is 0. The third-order valence-corrected chi connectivity index (χ3v) is 4.63. The van der Waals surface area contributed by atoms with Crippen molar-refractivity contribution in [2.75, 3.05) is 0 Å². The van der Waals surface area contributed by atoms with Crippen LogP contribution in [-0.4, -0.2) is 22.6 Å². The van der Waals surface area contributed by atoms with Crippen molar-refractivity contribution in [3.8, 4) is 11.3 Å². The number of ketones is 2. The van der Waals surface area contributed by atoms with E-state index >= 15 is 0 Å². The highest BCUT2D eigenvalue weighted by Gasteiger charge is 2.32. The van der Waals surface area contributed by atoms with E-state index < -0.39 is 5.97 Å². The molecule has 1 heterocycles. The number of Topliss-reactive ketones (excluding diaryl/α,β-unsaturated/α-hetero) is 2. The molecule has 0 saturated heterocycles. The zero-order valence-corrected chi connectivity index (χ0v) is 14.5. The monoisotopic (exact) mass is 378 g/mol. The van der Waals surface area contributed by atoms with Crippen LogP contribution in [0, 0.1) is 0 Å². The molecule has 0 radical (unpaired) electrons. The Morgan fingerprint density at radius 3 is 2.22 bits per heavy atom. The molecule has 0 amide bonds. The molecular formula is C21H11ClO5. The van der Waals surface area contributed by atoms with Gasteiger partial charge in [0, 0.05) is 16.7 Å². The molecule has 0 fully saturated rings. The predicted molar refractivity (Wildman–Crippen MR) is 99.2 cm³/mol. The first-order valence-corrected chi connectivity index (χ1v) is 8.36. The topological polar surface area (TPSA) is 84.6 Å². The van der Waals surface area contributed by atoms with Crippen LogP contribution in [0.4, 0.5) is 0 Å². The Morgan fingerprint density at radius 2 is 1.59 bits per heavy atom. The van der Waals surface area contributed by atoms with Crippen molar-refractivity contribution in [1.82, 2.24) is 0 Å². The van der Waals surface area contributed by atoms with Gasteiger partial charge in [-0.25, -0.2) is 4.79 Å². The molecule has 132 valence electrons. The van der Waals surface area contributed by atoms with E-state index in [-0.39, 0.29) is 22.7 Å². The Labute approximate surface area is 158 Å². The quantitative estimate of drug-likeness (QED) is 0.524. The Hall–Kier alpha value is -3.44. The maximum absolute atomic E-state index is 12.4. The summed E-state index contributed by atoms with van der Waals surface area (Å²) in [5.74, 6) is -1.14. The molecule has 0 unspecified atom stereocenters. The number of halogens is 1. The number of carboxylic acids is 1. The molecular weight excluding hydrogens is 368 g/mol. The SMILES string of the molecule is O=C(O)c1ccc(Cl)c(-c2ccc(C=C3C(=O)c4ccccc4C3=O)o2)c1. The van der Waals surface area contributed by atoms with Gasteiger partial charge in [0.2, 0.25) is 0 Å². The van der Waals surface area contributed by atoms with Crippen molar-refractivity contribution in [1.29, 1.82) is 0 Å². The zero-order valence-electron chi connectivity index (χ0n) is 13.7. The van der Waals surface area contributed by atoms with E-state index in [0.717, 1.165) is 0 Å². The minimum atomic E-state index is -1.08. The van der Waals surface area contributed by atoms with Gasteiger partial charge in [-0.15, -0.1) is 0 Å². The normalized spacial score (nSPS) is 13.0. The first kappa shape index (κ1) is 17.0. The van der Waals surface area contributed by atoms with Crippen molar-refractivity contribution < 1.29 is 23.9 Å². The molecule has 6 heteroatoms. The number of fused-ring (bicyclic) bond motifs is 1. The molecule has 1 aromatic heterocycles. The second kappa shape index (κ2) is 6.37. The fourth-order valence-electron chi connectivity index (χ4n) is 2.97. The molecule has 0 atom stereocenters. The summed E-state index contributed by atoms with van der Waals surface area (Å²) in [6.07, 6.45) is 1.39. The van der Waals surface area contributed by atoms with Crippen molar-refractivity contribution in [3.05, 3.63) is 87.6 Å². The van der Waals surface area contributed by atoms with Gasteiger partial charge < -0.3 is 9.52 Å². The van der Waals surface area contributed by atoms with Crippen molar-refractivity contribution in [2.45, 2.75) is 0 Å². The van der Waals surface area contributed by atoms with Crippen molar-refractivity contribution in [2.24, 2.45) is 0 Å². The summed E-state index contributed by atoms with van der Waals surface area (Å²) in [5.41, 5.74) is 1.26. The lowest BCUT2D eigenvalue weighted by atomic mass is 10.1. The van der Waals surface area contributed by atoms with Crippen LogP contribution in [0.5, 0.6) is 0 Å². The van der Waals surface area contributed by atoms with E-state index in [9.17, 15) is 14.4 Å². The molecule has 4 rings (SSSR count). The summed E-state index contributed by atoms with van der Waals surface area (Å²) in [7, 11) is 0. The maximum Gasteiger partial charge on any atom is 0.335 e. The zero-order chi connectivity index (χ0) is 19.1. The number of rotatable bonds is 3. The number of carbonyl (C=O) groups is 3. The number of benzene rings is 2. The lowest BCUT2D eigenvalue weighted by Gasteiger charge is -2.02. The molecule has 1 aliphatic rings. The Bertz CT molecular complexity index is 1120. The summed E-state index contributed by atoms with van der Waals surface area (Å²) >= 11 is 6.15. The van der Waals surface area contributed by atoms with Crippen molar-refractivity contribution in [3.63, 3.8) is 0 Å². The molecule has 1 aliphatic carbocycles. The van der Waals surface area contributed by atoms with Gasteiger partial charge in [0.15, 0.2) is 11.6 Å². The maximum atomic E-state index is 12.4. The van der Waals surface area contributed by atoms with Gasteiger partial charge in [0.05, 0.1) is 16.2 Å². The van der Waals surface area contributed by atoms with Gasteiger partial charge in [-0.2, -0.15) is 0 Å². The van der Waals surface area contributed by atoms with E-state index in [1.807, 2.05) is 0 Å². The smallest absolute Gasteiger partial charge is 0.335 e. The number of hydrogen-bond acceptors (Lipinski definition) is 4. The second-order valence-corrected chi connectivity index (χ2v) is 6.37. The molecule has 5 nitrogen and oxygen atoms in total. The molecule has 1 N–H and O–H groups in total. The van der Waals surface area contributed by atoms with E-state index in [1.165, 1.54) is 24.3 Å². The summed E-state index contributed by atoms with van der Waals surface area (Å²) in [5, 5.41) is 9.46. The summed E-state index contributed by atoms with van der Waals surface area (Å²) in [6.45, 7) is 0. The molecule has 0 spiro atoms. The molecule has 27 heavy (non-hydrogen) atoms. The van der Waals surface area contributed by atoms with Gasteiger partial charge in [-0.3, -0.25) is 9.59 Å². The van der Waals surface area contributed by atoms with E-state index in [2.05, 4.69) is 0 Å². The Kier molecular flexibility index (Phi) is 4.01. The number of aromatic carboxylic acids is 1. The molecule has 3 aromatic rings. The van der Waals surface area contributed by atoms with E-state index in [1.54, 1.807) is 36.4 Å². The number of furan rings is 1. The third kappa shape index (κ3) is 2.88. The lowest BCUT2D eigenvalue weighted by molar-refractivity contribution is 0.0696. The average Bonchev–Trinajstić information content (AvgIpc) is 3.21. The Morgan fingerprint density at radius 1 is 0.926 bits per heavy atom. The van der Waals surface area contributed by atoms with Crippen molar-refractivity contribution >= 4 is 35.2 Å². The predicted octanol–water partition coefficient (Wildman–Crippen LogP) is 4.76. The lowest BCUT2D eigenvalue weighted by Crippen LogP contribution is -1.99. The van der Waals surface area contributed by atoms with E-state index in [4.69, 9.17) is 21.1 Å². The van der Waals surface area contributed by atoms with Gasteiger partial charge >= 0.3 is 5.97 Å². The highest BCUT2D eigenvalue weighted by atomic mass is 35.5. The van der Waals surface area contributed by atoms with Crippen LogP contribution in [0.3, 0.4) is 0 Å². The molecule has 2 aromatic carbocycles. The number of carbonyl (C=O) groups excluding carboxylic acids is 2. The van der Waals surface area contributed by atoms with Crippen LogP contribution >= 0.6 is 11.6 Å². The number of carboxylic acid groups (broad SMARTS) is 1. The first-order valence-electron chi connectivity index (χ1n) is 7.99. The first-order chi connectivity index (χ1) is 13.0. The van der Waals surface area contributed by atoms with Crippen LogP contribution in [0.2, 0.25) is 5.02 Å². The second-order valence-electron chi connectivity index (χ2n) is 5.96. The van der Waals surface area contributed by atoms with Gasteiger partial charge in [-0.1, -0.05) is 35.9 Å². The molecule has 0 aliphatic heterocycles. The van der Waals surface area contributed by atoms with Crippen LogP contribution in [0.25, 0.3) is 17.4 Å². The highest BCUT2D eigenvalue weighted by molar-refractivity contribution is 6.41. The average molecular weight is 379 g/mol. The summed E-state index contributed by atoms with van der Waals surface area (Å²) < 4.78 is 5.68. The van der Waals surface area contributed by atoms with Crippen LogP contribution < -0.4 is 0 Å². The summed E-state index contributed by atoms with van der Waals surface area (Å²) in [6, 6.07) is 14.1. The molecule has 0 bridgehead atoms. The van der Waals surface area contributed by atoms with Gasteiger partial charge in [-0.05, 0) is 36.4 Å². The van der Waals surface area contributed by atoms with Crippen LogP contribution in [0.15, 0.2) is 64.6 Å². The fourth-order valence-corrected chi connectivity index (χ4v) is 3.18. The third-order valence-electron chi connectivity index (χ3n) is 4.30. The highest BCUT2D eigenvalue weighted by Crippen LogP contribution is 2.32. The molecule has 0 saturated carbocycles. The van der Waals surface area contributed by atoms with Gasteiger partial charge in [0.1, 0.15) is 11.5 Å². The largest absolute Gasteiger partial charge is 0.478 e. The number of allylic oxidation sites excluding steroid dienone is 1. The minimum absolute atomic E-state index is 0.0301. The summed E-state index contributed by atoms with van der Waals surface area (Å²) in [4.78, 5) is 36.0.